The lowest BCUT2D eigenvalue weighted by Gasteiger charge is -2.25. The molecule has 0 saturated heterocycles. The lowest BCUT2D eigenvalue weighted by atomic mass is 10.0. The van der Waals surface area contributed by atoms with Crippen LogP contribution in [-0.4, -0.2) is 20.3 Å². The monoisotopic (exact) mass is 265 g/mol. The number of likely N-dealkylation sites (N-methyl/N-ethyl adjacent to an activating group) is 1. The average Bonchev–Trinajstić information content (AvgIpc) is 2.45. The zero-order chi connectivity index (χ0) is 13.7. The summed E-state index contributed by atoms with van der Waals surface area (Å²) in [5, 5.41) is 3.33. The summed E-state index contributed by atoms with van der Waals surface area (Å²) < 4.78 is 24.4. The maximum atomic E-state index is 13.8. The van der Waals surface area contributed by atoms with Crippen molar-refractivity contribution in [1.29, 1.82) is 0 Å². The number of allylic oxidation sites excluding steroid dienone is 1. The molecule has 0 aliphatic carbocycles. The van der Waals surface area contributed by atoms with Gasteiger partial charge in [-0.1, -0.05) is 13.0 Å². The van der Waals surface area contributed by atoms with Gasteiger partial charge in [-0.3, -0.25) is 0 Å². The predicted molar refractivity (Wildman–Crippen MR) is 72.6 cm³/mol. The van der Waals surface area contributed by atoms with Crippen LogP contribution in [0.5, 0.6) is 5.75 Å². The molecule has 3 nitrogen and oxygen atoms in total. The van der Waals surface area contributed by atoms with Gasteiger partial charge in [0.05, 0.1) is 19.8 Å². The fourth-order valence-corrected chi connectivity index (χ4v) is 2.23. The number of benzene rings is 1. The SMILES string of the molecule is CCNC(C1=CCCCO1)c1ccc(OC)c(F)c1. The highest BCUT2D eigenvalue weighted by molar-refractivity contribution is 5.34. The van der Waals surface area contributed by atoms with E-state index in [0.717, 1.165) is 37.3 Å². The van der Waals surface area contributed by atoms with Gasteiger partial charge in [-0.15, -0.1) is 0 Å². The van der Waals surface area contributed by atoms with Crippen molar-refractivity contribution in [3.63, 3.8) is 0 Å². The molecule has 0 fully saturated rings. The van der Waals surface area contributed by atoms with E-state index in [-0.39, 0.29) is 17.6 Å². The molecule has 104 valence electrons. The van der Waals surface area contributed by atoms with Gasteiger partial charge in [-0.05, 0) is 43.2 Å². The van der Waals surface area contributed by atoms with Crippen LogP contribution >= 0.6 is 0 Å². The summed E-state index contributed by atoms with van der Waals surface area (Å²) in [6, 6.07) is 4.93. The molecule has 0 amide bonds. The maximum absolute atomic E-state index is 13.8. The average molecular weight is 265 g/mol. The Morgan fingerprint density at radius 3 is 2.89 bits per heavy atom. The van der Waals surface area contributed by atoms with E-state index in [4.69, 9.17) is 9.47 Å². The number of hydrogen-bond donors (Lipinski definition) is 1. The highest BCUT2D eigenvalue weighted by atomic mass is 19.1. The predicted octanol–water partition coefficient (Wildman–Crippen LogP) is 3.18. The van der Waals surface area contributed by atoms with Crippen LogP contribution < -0.4 is 10.1 Å². The van der Waals surface area contributed by atoms with Crippen LogP contribution in [0.1, 0.15) is 31.4 Å². The van der Waals surface area contributed by atoms with Crippen LogP contribution in [0.4, 0.5) is 4.39 Å². The summed E-state index contributed by atoms with van der Waals surface area (Å²) in [6.45, 7) is 3.54. The second-order valence-corrected chi connectivity index (χ2v) is 4.48. The Morgan fingerprint density at radius 1 is 1.47 bits per heavy atom. The van der Waals surface area contributed by atoms with Crippen molar-refractivity contribution in [2.75, 3.05) is 20.3 Å². The van der Waals surface area contributed by atoms with E-state index in [1.807, 2.05) is 13.0 Å². The van der Waals surface area contributed by atoms with Crippen LogP contribution in [-0.2, 0) is 4.74 Å². The molecule has 1 aromatic carbocycles. The molecule has 1 aliphatic rings. The van der Waals surface area contributed by atoms with Crippen molar-refractivity contribution in [3.8, 4) is 5.75 Å². The first-order valence-corrected chi connectivity index (χ1v) is 6.66. The summed E-state index contributed by atoms with van der Waals surface area (Å²) in [5.74, 6) is 0.800. The van der Waals surface area contributed by atoms with E-state index in [9.17, 15) is 4.39 Å². The van der Waals surface area contributed by atoms with Gasteiger partial charge in [0.25, 0.3) is 0 Å². The molecular formula is C15H20FNO2. The van der Waals surface area contributed by atoms with Crippen molar-refractivity contribution >= 4 is 0 Å². The molecular weight excluding hydrogens is 245 g/mol. The van der Waals surface area contributed by atoms with Gasteiger partial charge in [-0.25, -0.2) is 4.39 Å². The summed E-state index contributed by atoms with van der Waals surface area (Å²) in [5.41, 5.74) is 0.855. The van der Waals surface area contributed by atoms with Crippen molar-refractivity contribution < 1.29 is 13.9 Å². The van der Waals surface area contributed by atoms with E-state index < -0.39 is 0 Å². The number of hydrogen-bond acceptors (Lipinski definition) is 3. The van der Waals surface area contributed by atoms with Gasteiger partial charge >= 0.3 is 0 Å². The number of ether oxygens (including phenoxy) is 2. The van der Waals surface area contributed by atoms with E-state index in [2.05, 4.69) is 11.4 Å². The van der Waals surface area contributed by atoms with Gasteiger partial charge in [0.15, 0.2) is 11.6 Å². The quantitative estimate of drug-likeness (QED) is 0.887. The first-order valence-electron chi connectivity index (χ1n) is 6.66. The van der Waals surface area contributed by atoms with Crippen molar-refractivity contribution in [2.24, 2.45) is 0 Å². The molecule has 1 aromatic rings. The smallest absolute Gasteiger partial charge is 0.165 e. The fraction of sp³-hybridized carbons (Fsp3) is 0.467. The lowest BCUT2D eigenvalue weighted by molar-refractivity contribution is 0.168. The number of halogens is 1. The Kier molecular flexibility index (Phi) is 4.80. The van der Waals surface area contributed by atoms with Gasteiger partial charge in [0, 0.05) is 0 Å². The van der Waals surface area contributed by atoms with E-state index in [0.29, 0.717) is 0 Å². The fourth-order valence-electron chi connectivity index (χ4n) is 2.23. The van der Waals surface area contributed by atoms with Gasteiger partial charge in [0.1, 0.15) is 5.76 Å². The second-order valence-electron chi connectivity index (χ2n) is 4.48. The third-order valence-corrected chi connectivity index (χ3v) is 3.16. The maximum Gasteiger partial charge on any atom is 0.165 e. The third kappa shape index (κ3) is 3.26. The zero-order valence-corrected chi connectivity index (χ0v) is 11.4. The second kappa shape index (κ2) is 6.57. The molecule has 1 unspecified atom stereocenters. The Labute approximate surface area is 113 Å². The summed E-state index contributed by atoms with van der Waals surface area (Å²) >= 11 is 0. The van der Waals surface area contributed by atoms with Gasteiger partial charge < -0.3 is 14.8 Å². The Hall–Kier alpha value is -1.55. The van der Waals surface area contributed by atoms with Crippen LogP contribution in [0.15, 0.2) is 30.0 Å². The van der Waals surface area contributed by atoms with Crippen LogP contribution in [0.2, 0.25) is 0 Å². The van der Waals surface area contributed by atoms with E-state index in [1.54, 1.807) is 6.07 Å². The molecule has 19 heavy (non-hydrogen) atoms. The van der Waals surface area contributed by atoms with Crippen LogP contribution in [0, 0.1) is 5.82 Å². The van der Waals surface area contributed by atoms with Crippen LogP contribution in [0.25, 0.3) is 0 Å². The number of methoxy groups -OCH3 is 1. The lowest BCUT2D eigenvalue weighted by Crippen LogP contribution is -2.25. The molecule has 1 heterocycles. The molecule has 1 aliphatic heterocycles. The number of rotatable bonds is 5. The molecule has 0 spiro atoms. The highest BCUT2D eigenvalue weighted by Gasteiger charge is 2.20. The van der Waals surface area contributed by atoms with Crippen molar-refractivity contribution in [2.45, 2.75) is 25.8 Å². The molecule has 0 radical (unpaired) electrons. The molecule has 0 saturated carbocycles. The van der Waals surface area contributed by atoms with E-state index in [1.165, 1.54) is 13.2 Å². The van der Waals surface area contributed by atoms with Gasteiger partial charge in [-0.2, -0.15) is 0 Å². The Morgan fingerprint density at radius 2 is 2.32 bits per heavy atom. The highest BCUT2D eigenvalue weighted by Crippen LogP contribution is 2.28. The van der Waals surface area contributed by atoms with E-state index >= 15 is 0 Å². The first-order chi connectivity index (χ1) is 9.26. The topological polar surface area (TPSA) is 30.5 Å². The van der Waals surface area contributed by atoms with Crippen molar-refractivity contribution in [3.05, 3.63) is 41.4 Å². The normalized spacial score (nSPS) is 16.5. The molecule has 2 rings (SSSR count). The van der Waals surface area contributed by atoms with Crippen LogP contribution in [0.3, 0.4) is 0 Å². The molecule has 1 N–H and O–H groups in total. The minimum Gasteiger partial charge on any atom is -0.496 e. The minimum absolute atomic E-state index is 0.0919. The molecule has 0 bridgehead atoms. The summed E-state index contributed by atoms with van der Waals surface area (Å²) in [4.78, 5) is 0. The molecule has 1 atom stereocenters. The minimum atomic E-state index is -0.348. The third-order valence-electron chi connectivity index (χ3n) is 3.16. The first kappa shape index (κ1) is 13.9. The Bertz CT molecular complexity index is 459. The molecule has 4 heteroatoms. The standard InChI is InChI=1S/C15H20FNO2/c1-3-17-15(14-6-4-5-9-19-14)11-7-8-13(18-2)12(16)10-11/h6-8,10,15,17H,3-5,9H2,1-2H3. The van der Waals surface area contributed by atoms with Gasteiger partial charge in [0.2, 0.25) is 0 Å². The largest absolute Gasteiger partial charge is 0.496 e. The number of nitrogens with one attached hydrogen (secondary N) is 1. The summed E-state index contributed by atoms with van der Waals surface area (Å²) in [7, 11) is 1.46. The summed E-state index contributed by atoms with van der Waals surface area (Å²) in [6.07, 6.45) is 4.13. The zero-order valence-electron chi connectivity index (χ0n) is 11.4. The molecule has 0 aromatic heterocycles. The van der Waals surface area contributed by atoms with Crippen molar-refractivity contribution in [1.82, 2.24) is 5.32 Å². The Balaban J connectivity index is 2.27.